The number of rotatable bonds is 7. The van der Waals surface area contributed by atoms with E-state index in [0.29, 0.717) is 18.7 Å². The number of hydrogen-bond acceptors (Lipinski definition) is 7. The number of benzene rings is 1. The van der Waals surface area contributed by atoms with Crippen molar-refractivity contribution in [1.29, 1.82) is 0 Å². The first kappa shape index (κ1) is 22.6. The molecule has 1 aliphatic rings. The van der Waals surface area contributed by atoms with Gasteiger partial charge in [0.2, 0.25) is 5.91 Å². The number of carbonyl (C=O) groups is 1. The van der Waals surface area contributed by atoms with Crippen molar-refractivity contribution in [3.05, 3.63) is 54.1 Å². The first-order valence-electron chi connectivity index (χ1n) is 9.74. The molecule has 33 heavy (non-hydrogen) atoms. The number of nitrogens with zero attached hydrogens (tertiary/aromatic N) is 4. The lowest BCUT2D eigenvalue weighted by molar-refractivity contribution is -0.125. The molecule has 8 nitrogen and oxygen atoms in total. The molecule has 1 saturated heterocycles. The fraction of sp³-hybridized carbons (Fsp3) is 0.238. The minimum Gasteiger partial charge on any atom is -0.470 e. The molecule has 1 amide bonds. The van der Waals surface area contributed by atoms with E-state index < -0.39 is 18.5 Å². The third kappa shape index (κ3) is 5.08. The van der Waals surface area contributed by atoms with E-state index in [1.807, 2.05) is 0 Å². The molecule has 0 spiro atoms. The first-order chi connectivity index (χ1) is 15.8. The summed E-state index contributed by atoms with van der Waals surface area (Å²) in [5, 5.41) is 2.91. The van der Waals surface area contributed by atoms with Gasteiger partial charge in [0, 0.05) is 24.7 Å². The van der Waals surface area contributed by atoms with Crippen LogP contribution in [-0.2, 0) is 4.79 Å². The molecule has 0 aliphatic carbocycles. The average Bonchev–Trinajstić information content (AvgIpc) is 3.24. The lowest BCUT2D eigenvalue weighted by atomic mass is 10.2. The minimum absolute atomic E-state index is 0.0402. The molecule has 4 rings (SSSR count). The summed E-state index contributed by atoms with van der Waals surface area (Å²) in [7, 11) is 0. The Morgan fingerprint density at radius 2 is 2.15 bits per heavy atom. The monoisotopic (exact) mass is 479 g/mol. The third-order valence-corrected chi connectivity index (χ3v) is 5.15. The van der Waals surface area contributed by atoms with Crippen LogP contribution in [0.15, 0.2) is 43.2 Å². The molecule has 3 heterocycles. The van der Waals surface area contributed by atoms with E-state index >= 15 is 0 Å². The number of hydrogen-bond donors (Lipinski definition) is 1. The second-order valence-electron chi connectivity index (χ2n) is 7.03. The van der Waals surface area contributed by atoms with Gasteiger partial charge in [0.25, 0.3) is 5.88 Å². The number of amides is 1. The highest BCUT2D eigenvalue weighted by Crippen LogP contribution is 2.32. The number of halogens is 4. The van der Waals surface area contributed by atoms with Crippen molar-refractivity contribution in [2.45, 2.75) is 19.1 Å². The SMILES string of the molecule is C=CC(=O)N1CC[C@H](Oc2nc3c(Nc4ccc(OC(F)F)c(Cl)c4)ncnc3cc2F)C1. The summed E-state index contributed by atoms with van der Waals surface area (Å²) in [4.78, 5) is 25.7. The Morgan fingerprint density at radius 3 is 2.88 bits per heavy atom. The van der Waals surface area contributed by atoms with Crippen LogP contribution in [0, 0.1) is 5.82 Å². The van der Waals surface area contributed by atoms with Crippen LogP contribution in [0.4, 0.5) is 24.7 Å². The summed E-state index contributed by atoms with van der Waals surface area (Å²) in [6.45, 7) is 1.20. The van der Waals surface area contributed by atoms with Crippen LogP contribution in [0.25, 0.3) is 11.0 Å². The molecule has 0 unspecified atom stereocenters. The van der Waals surface area contributed by atoms with E-state index in [0.717, 1.165) is 0 Å². The van der Waals surface area contributed by atoms with Crippen molar-refractivity contribution in [1.82, 2.24) is 19.9 Å². The molecule has 1 aromatic carbocycles. The van der Waals surface area contributed by atoms with Gasteiger partial charge in [-0.15, -0.1) is 0 Å². The van der Waals surface area contributed by atoms with Crippen LogP contribution in [-0.4, -0.2) is 51.6 Å². The molecule has 12 heteroatoms. The largest absolute Gasteiger partial charge is 0.470 e. The van der Waals surface area contributed by atoms with Crippen molar-refractivity contribution in [2.24, 2.45) is 0 Å². The summed E-state index contributed by atoms with van der Waals surface area (Å²) in [5.74, 6) is -1.15. The van der Waals surface area contributed by atoms with Crippen LogP contribution in [0.3, 0.4) is 0 Å². The summed E-state index contributed by atoms with van der Waals surface area (Å²) in [6.07, 6.45) is 2.51. The van der Waals surface area contributed by atoms with Gasteiger partial charge in [-0.3, -0.25) is 4.79 Å². The Morgan fingerprint density at radius 1 is 1.33 bits per heavy atom. The Bertz CT molecular complexity index is 1210. The Balaban J connectivity index is 1.58. The molecule has 1 atom stereocenters. The minimum atomic E-state index is -3.01. The number of likely N-dealkylation sites (tertiary alicyclic amines) is 1. The van der Waals surface area contributed by atoms with Crippen LogP contribution in [0.2, 0.25) is 5.02 Å². The Labute approximate surface area is 191 Å². The number of anilines is 2. The van der Waals surface area contributed by atoms with Gasteiger partial charge in [-0.25, -0.2) is 19.3 Å². The Hall–Kier alpha value is -3.60. The van der Waals surface area contributed by atoms with Crippen LogP contribution < -0.4 is 14.8 Å². The summed E-state index contributed by atoms with van der Waals surface area (Å²) in [5.41, 5.74) is 0.843. The summed E-state index contributed by atoms with van der Waals surface area (Å²) in [6, 6.07) is 5.27. The lowest BCUT2D eigenvalue weighted by Gasteiger charge is -2.16. The van der Waals surface area contributed by atoms with Gasteiger partial charge >= 0.3 is 6.61 Å². The molecule has 0 radical (unpaired) electrons. The summed E-state index contributed by atoms with van der Waals surface area (Å²) >= 11 is 5.99. The van der Waals surface area contributed by atoms with Crippen LogP contribution >= 0.6 is 11.6 Å². The van der Waals surface area contributed by atoms with Crippen molar-refractivity contribution >= 4 is 40.0 Å². The van der Waals surface area contributed by atoms with Crippen molar-refractivity contribution in [3.8, 4) is 11.6 Å². The number of alkyl halides is 2. The first-order valence-corrected chi connectivity index (χ1v) is 10.1. The molecule has 1 N–H and O–H groups in total. The second kappa shape index (κ2) is 9.49. The normalized spacial score (nSPS) is 15.7. The van der Waals surface area contributed by atoms with Crippen molar-refractivity contribution < 1.29 is 27.4 Å². The molecule has 2 aromatic heterocycles. The highest BCUT2D eigenvalue weighted by Gasteiger charge is 2.28. The smallest absolute Gasteiger partial charge is 0.387 e. The molecule has 0 saturated carbocycles. The second-order valence-corrected chi connectivity index (χ2v) is 7.44. The van der Waals surface area contributed by atoms with Crippen molar-refractivity contribution in [2.75, 3.05) is 18.4 Å². The van der Waals surface area contributed by atoms with E-state index in [1.54, 1.807) is 4.90 Å². The maximum absolute atomic E-state index is 14.6. The van der Waals surface area contributed by atoms with E-state index in [1.165, 1.54) is 36.7 Å². The van der Waals surface area contributed by atoms with Gasteiger partial charge in [-0.1, -0.05) is 18.2 Å². The zero-order chi connectivity index (χ0) is 23.5. The molecular formula is C21H17ClF3N5O3. The van der Waals surface area contributed by atoms with Gasteiger partial charge in [0.05, 0.1) is 17.1 Å². The topological polar surface area (TPSA) is 89.5 Å². The van der Waals surface area contributed by atoms with Gasteiger partial charge < -0.3 is 19.7 Å². The van der Waals surface area contributed by atoms with Gasteiger partial charge in [-0.05, 0) is 24.3 Å². The quantitative estimate of drug-likeness (QED) is 0.504. The number of fused-ring (bicyclic) bond motifs is 1. The van der Waals surface area contributed by atoms with E-state index in [9.17, 15) is 18.0 Å². The molecule has 3 aromatic rings. The number of pyridine rings is 1. The number of ether oxygens (including phenoxy) is 2. The highest BCUT2D eigenvalue weighted by atomic mass is 35.5. The van der Waals surface area contributed by atoms with E-state index in [2.05, 4.69) is 31.6 Å². The van der Waals surface area contributed by atoms with Gasteiger partial charge in [0.15, 0.2) is 11.6 Å². The highest BCUT2D eigenvalue weighted by molar-refractivity contribution is 6.32. The predicted molar refractivity (Wildman–Crippen MR) is 114 cm³/mol. The molecule has 1 fully saturated rings. The fourth-order valence-electron chi connectivity index (χ4n) is 3.34. The molecule has 172 valence electrons. The van der Waals surface area contributed by atoms with Crippen LogP contribution in [0.1, 0.15) is 6.42 Å². The molecule has 0 bridgehead atoms. The number of nitrogens with one attached hydrogen (secondary N) is 1. The van der Waals surface area contributed by atoms with E-state index in [-0.39, 0.29) is 46.0 Å². The number of aromatic nitrogens is 3. The van der Waals surface area contributed by atoms with E-state index in [4.69, 9.17) is 16.3 Å². The molecular weight excluding hydrogens is 463 g/mol. The molecule has 1 aliphatic heterocycles. The predicted octanol–water partition coefficient (Wildman–Crippen LogP) is 4.33. The third-order valence-electron chi connectivity index (χ3n) is 4.85. The zero-order valence-electron chi connectivity index (χ0n) is 17.0. The van der Waals surface area contributed by atoms with Gasteiger partial charge in [-0.2, -0.15) is 8.78 Å². The van der Waals surface area contributed by atoms with Gasteiger partial charge in [0.1, 0.15) is 23.7 Å². The van der Waals surface area contributed by atoms with Crippen LogP contribution in [0.5, 0.6) is 11.6 Å². The van der Waals surface area contributed by atoms with Crippen molar-refractivity contribution in [3.63, 3.8) is 0 Å². The average molecular weight is 480 g/mol. The number of carbonyl (C=O) groups excluding carboxylic acids is 1. The lowest BCUT2D eigenvalue weighted by Crippen LogP contribution is -2.29. The Kier molecular flexibility index (Phi) is 6.50. The standard InChI is InChI=1S/C21H17ClF3N5O3/c1-2-17(31)30-6-5-12(9-30)32-20-14(23)8-15-18(29-20)19(27-10-26-15)28-11-3-4-16(13(22)7-11)33-21(24)25/h2-4,7-8,10,12,21H,1,5-6,9H2,(H,26,27,28)/t12-/m0/s1. The zero-order valence-corrected chi connectivity index (χ0v) is 17.7. The summed E-state index contributed by atoms with van der Waals surface area (Å²) < 4.78 is 49.5. The fourth-order valence-corrected chi connectivity index (χ4v) is 3.56. The maximum Gasteiger partial charge on any atom is 0.387 e. The maximum atomic E-state index is 14.6.